The molecule has 0 aromatic heterocycles. The zero-order valence-electron chi connectivity index (χ0n) is 11.3. The van der Waals surface area contributed by atoms with Crippen LogP contribution in [0.2, 0.25) is 0 Å². The first-order valence-corrected chi connectivity index (χ1v) is 6.49. The number of rotatable bonds is 4. The van der Waals surface area contributed by atoms with E-state index in [1.165, 1.54) is 0 Å². The Labute approximate surface area is 104 Å². The maximum Gasteiger partial charge on any atom is 0.224 e. The number of hydrogen-bond acceptors (Lipinski definition) is 3. The fraction of sp³-hybridized carbons (Fsp3) is 0.923. The molecule has 2 atom stereocenters. The van der Waals surface area contributed by atoms with Gasteiger partial charge in [-0.25, -0.2) is 0 Å². The molecule has 1 unspecified atom stereocenters. The van der Waals surface area contributed by atoms with Crippen molar-refractivity contribution in [3.8, 4) is 0 Å². The first-order chi connectivity index (χ1) is 7.83. The van der Waals surface area contributed by atoms with Gasteiger partial charge in [-0.05, 0) is 24.7 Å². The highest BCUT2D eigenvalue weighted by Gasteiger charge is 2.29. The summed E-state index contributed by atoms with van der Waals surface area (Å²) >= 11 is 0. The SMILES string of the molecule is CC(C)(C)CC(N)CC(=O)N1CCC[C@H]1CO. The maximum absolute atomic E-state index is 12.0. The molecule has 3 N–H and O–H groups in total. The van der Waals surface area contributed by atoms with Gasteiger partial charge in [0.05, 0.1) is 12.6 Å². The third-order valence-electron chi connectivity index (χ3n) is 3.22. The van der Waals surface area contributed by atoms with Crippen LogP contribution in [0.25, 0.3) is 0 Å². The van der Waals surface area contributed by atoms with Gasteiger partial charge in [-0.2, -0.15) is 0 Å². The van der Waals surface area contributed by atoms with Crippen LogP contribution in [0.3, 0.4) is 0 Å². The van der Waals surface area contributed by atoms with Crippen LogP contribution in [0.15, 0.2) is 0 Å². The summed E-state index contributed by atoms with van der Waals surface area (Å²) in [6.07, 6.45) is 3.15. The van der Waals surface area contributed by atoms with Gasteiger partial charge in [0.15, 0.2) is 0 Å². The normalized spacial score (nSPS) is 22.9. The smallest absolute Gasteiger partial charge is 0.224 e. The molecule has 0 spiro atoms. The minimum absolute atomic E-state index is 0.0179. The quantitative estimate of drug-likeness (QED) is 0.776. The Bertz CT molecular complexity index is 261. The molecule has 1 aliphatic rings. The van der Waals surface area contributed by atoms with Crippen LogP contribution in [0, 0.1) is 5.41 Å². The van der Waals surface area contributed by atoms with E-state index >= 15 is 0 Å². The molecule has 100 valence electrons. The number of carbonyl (C=O) groups excluding carboxylic acids is 1. The van der Waals surface area contributed by atoms with E-state index in [-0.39, 0.29) is 30.0 Å². The molecule has 0 aromatic rings. The lowest BCUT2D eigenvalue weighted by atomic mass is 9.87. The van der Waals surface area contributed by atoms with Crippen LogP contribution in [-0.2, 0) is 4.79 Å². The lowest BCUT2D eigenvalue weighted by Crippen LogP contribution is -2.41. The Balaban J connectivity index is 2.43. The zero-order valence-corrected chi connectivity index (χ0v) is 11.3. The number of amides is 1. The molecule has 0 aromatic carbocycles. The second-order valence-corrected chi connectivity index (χ2v) is 6.29. The van der Waals surface area contributed by atoms with Gasteiger partial charge in [-0.1, -0.05) is 20.8 Å². The molecule has 0 radical (unpaired) electrons. The van der Waals surface area contributed by atoms with Crippen molar-refractivity contribution >= 4 is 5.91 Å². The number of hydrogen-bond donors (Lipinski definition) is 2. The number of aliphatic hydroxyl groups excluding tert-OH is 1. The van der Waals surface area contributed by atoms with E-state index in [9.17, 15) is 9.90 Å². The predicted octanol–water partition coefficient (Wildman–Crippen LogP) is 1.12. The van der Waals surface area contributed by atoms with Gasteiger partial charge in [0.2, 0.25) is 5.91 Å². The number of carbonyl (C=O) groups is 1. The Kier molecular flexibility index (Phi) is 4.95. The van der Waals surface area contributed by atoms with Crippen molar-refractivity contribution in [2.24, 2.45) is 11.1 Å². The largest absolute Gasteiger partial charge is 0.394 e. The van der Waals surface area contributed by atoms with Crippen molar-refractivity contribution < 1.29 is 9.90 Å². The average Bonchev–Trinajstić information content (AvgIpc) is 2.61. The van der Waals surface area contributed by atoms with Crippen LogP contribution >= 0.6 is 0 Å². The summed E-state index contributed by atoms with van der Waals surface area (Å²) < 4.78 is 0. The van der Waals surface area contributed by atoms with Crippen LogP contribution in [-0.4, -0.2) is 41.1 Å². The Morgan fingerprint density at radius 1 is 1.53 bits per heavy atom. The lowest BCUT2D eigenvalue weighted by molar-refractivity contribution is -0.133. The summed E-state index contributed by atoms with van der Waals surface area (Å²) in [5.74, 6) is 0.0956. The average molecular weight is 242 g/mol. The lowest BCUT2D eigenvalue weighted by Gasteiger charge is -2.27. The molecular weight excluding hydrogens is 216 g/mol. The molecule has 1 amide bonds. The minimum atomic E-state index is -0.0811. The Morgan fingerprint density at radius 2 is 2.18 bits per heavy atom. The van der Waals surface area contributed by atoms with E-state index in [0.29, 0.717) is 6.42 Å². The van der Waals surface area contributed by atoms with E-state index < -0.39 is 0 Å². The van der Waals surface area contributed by atoms with Crippen molar-refractivity contribution in [2.75, 3.05) is 13.2 Å². The molecule has 0 saturated carbocycles. The van der Waals surface area contributed by atoms with Crippen molar-refractivity contribution in [2.45, 2.75) is 58.5 Å². The number of aliphatic hydroxyl groups is 1. The van der Waals surface area contributed by atoms with Gasteiger partial charge in [0, 0.05) is 19.0 Å². The zero-order chi connectivity index (χ0) is 13.1. The first-order valence-electron chi connectivity index (χ1n) is 6.49. The molecule has 0 bridgehead atoms. The highest BCUT2D eigenvalue weighted by atomic mass is 16.3. The number of likely N-dealkylation sites (tertiary alicyclic amines) is 1. The fourth-order valence-electron chi connectivity index (χ4n) is 2.55. The molecule has 1 aliphatic heterocycles. The third-order valence-corrected chi connectivity index (χ3v) is 3.22. The summed E-state index contributed by atoms with van der Waals surface area (Å²) in [4.78, 5) is 13.8. The van der Waals surface area contributed by atoms with Crippen molar-refractivity contribution in [1.82, 2.24) is 4.90 Å². The summed E-state index contributed by atoms with van der Waals surface area (Å²) in [5, 5.41) is 9.18. The highest BCUT2D eigenvalue weighted by Crippen LogP contribution is 2.23. The molecule has 1 heterocycles. The summed E-state index contributed by atoms with van der Waals surface area (Å²) in [7, 11) is 0. The molecule has 0 aliphatic carbocycles. The van der Waals surface area contributed by atoms with Gasteiger partial charge in [0.1, 0.15) is 0 Å². The molecule has 17 heavy (non-hydrogen) atoms. The van der Waals surface area contributed by atoms with Crippen molar-refractivity contribution in [1.29, 1.82) is 0 Å². The van der Waals surface area contributed by atoms with E-state index in [4.69, 9.17) is 5.73 Å². The van der Waals surface area contributed by atoms with Gasteiger partial charge in [-0.15, -0.1) is 0 Å². The van der Waals surface area contributed by atoms with Crippen molar-refractivity contribution in [3.05, 3.63) is 0 Å². The van der Waals surface area contributed by atoms with E-state index in [1.54, 1.807) is 4.90 Å². The number of nitrogens with two attached hydrogens (primary N) is 1. The van der Waals surface area contributed by atoms with Gasteiger partial charge in [0.25, 0.3) is 0 Å². The second-order valence-electron chi connectivity index (χ2n) is 6.29. The Hall–Kier alpha value is -0.610. The molecule has 4 heteroatoms. The van der Waals surface area contributed by atoms with E-state index in [0.717, 1.165) is 25.8 Å². The summed E-state index contributed by atoms with van der Waals surface area (Å²) in [6.45, 7) is 7.23. The monoisotopic (exact) mass is 242 g/mol. The van der Waals surface area contributed by atoms with Crippen LogP contribution < -0.4 is 5.73 Å². The summed E-state index contributed by atoms with van der Waals surface area (Å²) in [6, 6.07) is -0.0632. The predicted molar refractivity (Wildman–Crippen MR) is 68.5 cm³/mol. The molecule has 1 rings (SSSR count). The third kappa shape index (κ3) is 4.64. The second kappa shape index (κ2) is 5.83. The highest BCUT2D eigenvalue weighted by molar-refractivity contribution is 5.77. The van der Waals surface area contributed by atoms with Crippen molar-refractivity contribution in [3.63, 3.8) is 0 Å². The number of nitrogens with zero attached hydrogens (tertiary/aromatic N) is 1. The summed E-state index contributed by atoms with van der Waals surface area (Å²) in [5.41, 5.74) is 6.16. The van der Waals surface area contributed by atoms with E-state index in [1.807, 2.05) is 0 Å². The van der Waals surface area contributed by atoms with Crippen LogP contribution in [0.5, 0.6) is 0 Å². The minimum Gasteiger partial charge on any atom is -0.394 e. The fourth-order valence-corrected chi connectivity index (χ4v) is 2.55. The topological polar surface area (TPSA) is 66.6 Å². The van der Waals surface area contributed by atoms with Crippen LogP contribution in [0.4, 0.5) is 0 Å². The standard InChI is InChI=1S/C13H26N2O2/c1-13(2,3)8-10(14)7-12(17)15-6-4-5-11(15)9-16/h10-11,16H,4-9,14H2,1-3H3/t10?,11-/m0/s1. The molecular formula is C13H26N2O2. The van der Waals surface area contributed by atoms with E-state index in [2.05, 4.69) is 20.8 Å². The van der Waals surface area contributed by atoms with Gasteiger partial charge >= 0.3 is 0 Å². The molecule has 4 nitrogen and oxygen atoms in total. The Morgan fingerprint density at radius 3 is 2.71 bits per heavy atom. The van der Waals surface area contributed by atoms with Crippen LogP contribution in [0.1, 0.15) is 46.5 Å². The van der Waals surface area contributed by atoms with Gasteiger partial charge < -0.3 is 15.7 Å². The maximum atomic E-state index is 12.0. The van der Waals surface area contributed by atoms with Gasteiger partial charge in [-0.3, -0.25) is 4.79 Å². The first kappa shape index (κ1) is 14.5. The molecule has 1 fully saturated rings. The molecule has 1 saturated heterocycles.